The largest absolute Gasteiger partial charge is 0.496 e. The number of hydrogen-bond donors (Lipinski definition) is 0. The average molecular weight is 321 g/mol. The summed E-state index contributed by atoms with van der Waals surface area (Å²) in [6, 6.07) is 6.54. The molecular formula is C17H21BrO. The van der Waals surface area contributed by atoms with Gasteiger partial charge >= 0.3 is 0 Å². The molecular weight excluding hydrogens is 300 g/mol. The first-order chi connectivity index (χ1) is 9.24. The number of benzene rings is 1. The molecule has 1 aromatic rings. The molecule has 0 aliphatic heterocycles. The molecule has 1 aromatic carbocycles. The van der Waals surface area contributed by atoms with Gasteiger partial charge in [0, 0.05) is 4.47 Å². The number of hydrogen-bond acceptors (Lipinski definition) is 1. The Bertz CT molecular complexity index is 468. The van der Waals surface area contributed by atoms with E-state index in [1.807, 2.05) is 7.11 Å². The molecule has 5 rings (SSSR count). The van der Waals surface area contributed by atoms with Gasteiger partial charge in [0.1, 0.15) is 5.75 Å². The Morgan fingerprint density at radius 2 is 1.63 bits per heavy atom. The summed E-state index contributed by atoms with van der Waals surface area (Å²) in [5.41, 5.74) is 1.46. The Labute approximate surface area is 123 Å². The van der Waals surface area contributed by atoms with Crippen LogP contribution in [0.5, 0.6) is 5.75 Å². The molecule has 1 nitrogen and oxygen atoms in total. The highest BCUT2D eigenvalue weighted by Gasteiger charge is 2.49. The van der Waals surface area contributed by atoms with Crippen molar-refractivity contribution in [3.63, 3.8) is 0 Å². The van der Waals surface area contributed by atoms with Crippen molar-refractivity contribution in [2.24, 2.45) is 23.7 Å². The number of methoxy groups -OCH3 is 1. The first kappa shape index (κ1) is 12.3. The third-order valence-electron chi connectivity index (χ3n) is 5.78. The van der Waals surface area contributed by atoms with Crippen LogP contribution in [0.15, 0.2) is 22.7 Å². The van der Waals surface area contributed by atoms with Gasteiger partial charge in [-0.1, -0.05) is 15.9 Å². The van der Waals surface area contributed by atoms with Crippen LogP contribution >= 0.6 is 15.9 Å². The Balaban J connectivity index is 1.74. The molecule has 19 heavy (non-hydrogen) atoms. The fourth-order valence-corrected chi connectivity index (χ4v) is 5.78. The normalized spacial score (nSPS) is 39.6. The third-order valence-corrected chi connectivity index (χ3v) is 6.27. The molecule has 0 aromatic heterocycles. The predicted octanol–water partition coefficient (Wildman–Crippen LogP) is 5.00. The molecule has 4 bridgehead atoms. The minimum atomic E-state index is 0.750. The zero-order valence-electron chi connectivity index (χ0n) is 11.4. The van der Waals surface area contributed by atoms with Crippen molar-refractivity contribution in [3.05, 3.63) is 28.2 Å². The Hall–Kier alpha value is -0.500. The molecule has 4 aliphatic carbocycles. The molecule has 0 N–H and O–H groups in total. The van der Waals surface area contributed by atoms with E-state index in [1.165, 1.54) is 42.1 Å². The van der Waals surface area contributed by atoms with Crippen LogP contribution in [0, 0.1) is 23.7 Å². The maximum absolute atomic E-state index is 5.64. The molecule has 102 valence electrons. The van der Waals surface area contributed by atoms with E-state index in [0.29, 0.717) is 0 Å². The number of halogens is 1. The van der Waals surface area contributed by atoms with E-state index in [1.54, 1.807) is 0 Å². The van der Waals surface area contributed by atoms with Gasteiger partial charge in [-0.3, -0.25) is 0 Å². The lowest BCUT2D eigenvalue weighted by Crippen LogP contribution is -2.43. The van der Waals surface area contributed by atoms with Crippen molar-refractivity contribution in [3.8, 4) is 5.75 Å². The standard InChI is InChI=1S/C17H21BrO/c1-19-16-3-2-14(18)9-15(16)17-12-5-10-4-11(7-12)8-13(17)6-10/h2-3,9-13,17H,4-8H2,1H3. The second kappa shape index (κ2) is 4.51. The van der Waals surface area contributed by atoms with E-state index < -0.39 is 0 Å². The van der Waals surface area contributed by atoms with Crippen molar-refractivity contribution in [2.45, 2.75) is 38.0 Å². The van der Waals surface area contributed by atoms with Crippen LogP contribution in [0.25, 0.3) is 0 Å². The lowest BCUT2D eigenvalue weighted by atomic mass is 9.50. The number of rotatable bonds is 2. The van der Waals surface area contributed by atoms with E-state index in [-0.39, 0.29) is 0 Å². The Kier molecular flexibility index (Phi) is 2.91. The van der Waals surface area contributed by atoms with E-state index in [4.69, 9.17) is 4.74 Å². The minimum Gasteiger partial charge on any atom is -0.496 e. The van der Waals surface area contributed by atoms with Crippen LogP contribution in [-0.4, -0.2) is 7.11 Å². The molecule has 0 radical (unpaired) electrons. The van der Waals surface area contributed by atoms with Crippen molar-refractivity contribution in [1.29, 1.82) is 0 Å². The highest BCUT2D eigenvalue weighted by molar-refractivity contribution is 9.10. The second-order valence-corrected chi connectivity index (χ2v) is 7.76. The van der Waals surface area contributed by atoms with Gasteiger partial charge in [0.2, 0.25) is 0 Å². The van der Waals surface area contributed by atoms with Gasteiger partial charge in [-0.2, -0.15) is 0 Å². The average Bonchev–Trinajstić information content (AvgIpc) is 2.37. The molecule has 0 atom stereocenters. The summed E-state index contributed by atoms with van der Waals surface area (Å²) in [7, 11) is 1.81. The van der Waals surface area contributed by atoms with Crippen molar-refractivity contribution < 1.29 is 4.74 Å². The van der Waals surface area contributed by atoms with Gasteiger partial charge < -0.3 is 4.74 Å². The van der Waals surface area contributed by atoms with E-state index in [0.717, 1.165) is 35.3 Å². The Morgan fingerprint density at radius 1 is 1.00 bits per heavy atom. The van der Waals surface area contributed by atoms with Gasteiger partial charge in [0.05, 0.1) is 7.11 Å². The molecule has 4 fully saturated rings. The fraction of sp³-hybridized carbons (Fsp3) is 0.647. The zero-order chi connectivity index (χ0) is 13.0. The zero-order valence-corrected chi connectivity index (χ0v) is 13.0. The maximum Gasteiger partial charge on any atom is 0.122 e. The number of ether oxygens (including phenoxy) is 1. The van der Waals surface area contributed by atoms with E-state index in [2.05, 4.69) is 34.1 Å². The highest BCUT2D eigenvalue weighted by Crippen LogP contribution is 2.60. The van der Waals surface area contributed by atoms with Crippen LogP contribution in [0.2, 0.25) is 0 Å². The van der Waals surface area contributed by atoms with Gasteiger partial charge in [-0.25, -0.2) is 0 Å². The van der Waals surface area contributed by atoms with Crippen LogP contribution in [0.1, 0.15) is 43.6 Å². The van der Waals surface area contributed by atoms with Crippen LogP contribution < -0.4 is 4.74 Å². The SMILES string of the molecule is COc1ccc(Br)cc1C1C2CC3CC(C2)CC1C3. The monoisotopic (exact) mass is 320 g/mol. The molecule has 0 unspecified atom stereocenters. The van der Waals surface area contributed by atoms with Crippen molar-refractivity contribution >= 4 is 15.9 Å². The van der Waals surface area contributed by atoms with Gasteiger partial charge in [-0.05, 0) is 85.5 Å². The van der Waals surface area contributed by atoms with Gasteiger partial charge in [-0.15, -0.1) is 0 Å². The molecule has 4 aliphatic rings. The van der Waals surface area contributed by atoms with Crippen LogP contribution in [0.3, 0.4) is 0 Å². The minimum absolute atomic E-state index is 0.750. The van der Waals surface area contributed by atoms with Gasteiger partial charge in [0.25, 0.3) is 0 Å². The highest BCUT2D eigenvalue weighted by atomic mass is 79.9. The van der Waals surface area contributed by atoms with E-state index in [9.17, 15) is 0 Å². The van der Waals surface area contributed by atoms with Crippen molar-refractivity contribution in [2.75, 3.05) is 7.11 Å². The fourth-order valence-electron chi connectivity index (χ4n) is 5.40. The van der Waals surface area contributed by atoms with Gasteiger partial charge in [0.15, 0.2) is 0 Å². The van der Waals surface area contributed by atoms with Crippen LogP contribution in [0.4, 0.5) is 0 Å². The predicted molar refractivity (Wildman–Crippen MR) is 80.5 cm³/mol. The third kappa shape index (κ3) is 1.94. The summed E-state index contributed by atoms with van der Waals surface area (Å²) >= 11 is 3.64. The second-order valence-electron chi connectivity index (χ2n) is 6.84. The molecule has 0 saturated heterocycles. The molecule has 0 heterocycles. The summed E-state index contributed by atoms with van der Waals surface area (Å²) in [5, 5.41) is 0. The van der Waals surface area contributed by atoms with E-state index >= 15 is 0 Å². The Morgan fingerprint density at radius 3 is 2.21 bits per heavy atom. The smallest absolute Gasteiger partial charge is 0.122 e. The summed E-state index contributed by atoms with van der Waals surface area (Å²) in [5.74, 6) is 5.76. The summed E-state index contributed by atoms with van der Waals surface area (Å²) in [4.78, 5) is 0. The summed E-state index contributed by atoms with van der Waals surface area (Å²) in [6.07, 6.45) is 7.39. The summed E-state index contributed by atoms with van der Waals surface area (Å²) in [6.45, 7) is 0. The molecule has 0 spiro atoms. The first-order valence-corrected chi connectivity index (χ1v) is 8.37. The topological polar surface area (TPSA) is 9.23 Å². The molecule has 4 saturated carbocycles. The lowest BCUT2D eigenvalue weighted by molar-refractivity contribution is -0.00349. The molecule has 2 heteroatoms. The van der Waals surface area contributed by atoms with Crippen LogP contribution in [-0.2, 0) is 0 Å². The lowest BCUT2D eigenvalue weighted by Gasteiger charge is -2.54. The quantitative estimate of drug-likeness (QED) is 0.745. The first-order valence-electron chi connectivity index (χ1n) is 7.58. The van der Waals surface area contributed by atoms with Crippen molar-refractivity contribution in [1.82, 2.24) is 0 Å². The maximum atomic E-state index is 5.64. The molecule has 0 amide bonds. The summed E-state index contributed by atoms with van der Waals surface area (Å²) < 4.78 is 6.83.